The molecule has 1 aliphatic heterocycles. The Labute approximate surface area is 109 Å². The van der Waals surface area contributed by atoms with Gasteiger partial charge in [-0.25, -0.2) is 0 Å². The van der Waals surface area contributed by atoms with Gasteiger partial charge in [-0.15, -0.1) is 0 Å². The van der Waals surface area contributed by atoms with Crippen molar-refractivity contribution < 1.29 is 9.59 Å². The molecule has 2 rings (SSSR count). The highest BCUT2D eigenvalue weighted by atomic mass is 16.2. The number of nitrogens with zero attached hydrogens (tertiary/aromatic N) is 2. The van der Waals surface area contributed by atoms with Gasteiger partial charge in [0.1, 0.15) is 5.78 Å². The molecule has 18 heavy (non-hydrogen) atoms. The van der Waals surface area contributed by atoms with Crippen molar-refractivity contribution in [2.75, 3.05) is 26.2 Å². The van der Waals surface area contributed by atoms with Gasteiger partial charge in [0.25, 0.3) is 0 Å². The van der Waals surface area contributed by atoms with Gasteiger partial charge in [0.2, 0.25) is 5.91 Å². The van der Waals surface area contributed by atoms with Gasteiger partial charge >= 0.3 is 0 Å². The molecule has 1 atom stereocenters. The molecule has 1 heterocycles. The van der Waals surface area contributed by atoms with Gasteiger partial charge in [0.05, 0.1) is 6.54 Å². The summed E-state index contributed by atoms with van der Waals surface area (Å²) in [5.74, 6) is 0.647. The molecule has 0 radical (unpaired) electrons. The van der Waals surface area contributed by atoms with Crippen molar-refractivity contribution in [3.63, 3.8) is 0 Å². The number of likely N-dealkylation sites (N-methyl/N-ethyl adjacent to an activating group) is 1. The molecule has 1 amide bonds. The highest BCUT2D eigenvalue weighted by Crippen LogP contribution is 2.27. The highest BCUT2D eigenvalue weighted by Gasteiger charge is 2.32. The van der Waals surface area contributed by atoms with Gasteiger partial charge in [-0.2, -0.15) is 0 Å². The molecule has 1 aliphatic carbocycles. The zero-order chi connectivity index (χ0) is 13.1. The van der Waals surface area contributed by atoms with Crippen molar-refractivity contribution in [3.8, 4) is 0 Å². The Morgan fingerprint density at radius 3 is 2.56 bits per heavy atom. The third-order valence-corrected chi connectivity index (χ3v) is 4.09. The molecule has 1 saturated carbocycles. The Hall–Kier alpha value is -0.900. The van der Waals surface area contributed by atoms with E-state index in [0.717, 1.165) is 45.3 Å². The fourth-order valence-electron chi connectivity index (χ4n) is 2.84. The molecule has 0 aromatic rings. The monoisotopic (exact) mass is 252 g/mol. The van der Waals surface area contributed by atoms with Crippen molar-refractivity contribution in [1.29, 1.82) is 0 Å². The molecule has 0 spiro atoms. The van der Waals surface area contributed by atoms with Gasteiger partial charge in [0, 0.05) is 25.0 Å². The third-order valence-electron chi connectivity index (χ3n) is 4.09. The number of amides is 1. The van der Waals surface area contributed by atoms with E-state index in [2.05, 4.69) is 4.90 Å². The maximum Gasteiger partial charge on any atom is 0.236 e. The topological polar surface area (TPSA) is 40.6 Å². The van der Waals surface area contributed by atoms with Gasteiger partial charge in [-0.05, 0) is 46.1 Å². The van der Waals surface area contributed by atoms with E-state index in [9.17, 15) is 9.59 Å². The molecule has 2 aliphatic rings. The van der Waals surface area contributed by atoms with E-state index in [1.54, 1.807) is 6.92 Å². The number of piperidine rings is 1. The molecule has 4 nitrogen and oxygen atoms in total. The van der Waals surface area contributed by atoms with Crippen LogP contribution in [0.3, 0.4) is 0 Å². The summed E-state index contributed by atoms with van der Waals surface area (Å²) >= 11 is 0. The van der Waals surface area contributed by atoms with E-state index < -0.39 is 0 Å². The van der Waals surface area contributed by atoms with Crippen LogP contribution in [-0.2, 0) is 9.59 Å². The Balaban J connectivity index is 1.84. The minimum atomic E-state index is 0.141. The summed E-state index contributed by atoms with van der Waals surface area (Å²) < 4.78 is 0. The Morgan fingerprint density at radius 2 is 2.00 bits per heavy atom. The molecular formula is C14H24N2O2. The lowest BCUT2D eigenvalue weighted by atomic mass is 9.94. The zero-order valence-corrected chi connectivity index (χ0v) is 11.5. The lowest BCUT2D eigenvalue weighted by Crippen LogP contribution is -2.45. The van der Waals surface area contributed by atoms with Crippen LogP contribution < -0.4 is 0 Å². The Kier molecular flexibility index (Phi) is 4.38. The van der Waals surface area contributed by atoms with E-state index in [-0.39, 0.29) is 17.6 Å². The van der Waals surface area contributed by atoms with Gasteiger partial charge in [0.15, 0.2) is 0 Å². The lowest BCUT2D eigenvalue weighted by Gasteiger charge is -2.32. The van der Waals surface area contributed by atoms with E-state index >= 15 is 0 Å². The van der Waals surface area contributed by atoms with Gasteiger partial charge in [-0.1, -0.05) is 0 Å². The normalized spacial score (nSPS) is 24.9. The summed E-state index contributed by atoms with van der Waals surface area (Å²) in [6, 6.07) is 0.496. The molecule has 0 bridgehead atoms. The van der Waals surface area contributed by atoms with E-state index in [1.807, 2.05) is 11.8 Å². The van der Waals surface area contributed by atoms with Crippen LogP contribution in [-0.4, -0.2) is 53.7 Å². The number of Topliss-reactive ketones (excluding diaryl/α,β-unsaturated/α-hetero) is 1. The number of hydrogen-bond acceptors (Lipinski definition) is 3. The molecule has 2 fully saturated rings. The molecule has 4 heteroatoms. The SMILES string of the molecule is CCN(C(=O)CN1CCCC(C(C)=O)C1)C1CC1. The quantitative estimate of drug-likeness (QED) is 0.740. The van der Waals surface area contributed by atoms with E-state index in [0.29, 0.717) is 12.6 Å². The summed E-state index contributed by atoms with van der Waals surface area (Å²) in [4.78, 5) is 27.8. The van der Waals surface area contributed by atoms with Crippen LogP contribution in [0.15, 0.2) is 0 Å². The second-order valence-corrected chi connectivity index (χ2v) is 5.60. The molecular weight excluding hydrogens is 228 g/mol. The first-order valence-electron chi connectivity index (χ1n) is 7.14. The highest BCUT2D eigenvalue weighted by molar-refractivity contribution is 5.80. The predicted molar refractivity (Wildman–Crippen MR) is 70.3 cm³/mol. The van der Waals surface area contributed by atoms with Crippen LogP contribution in [0.2, 0.25) is 0 Å². The Morgan fingerprint density at radius 1 is 1.28 bits per heavy atom. The standard InChI is InChI=1S/C14H24N2O2/c1-3-16(13-6-7-13)14(18)10-15-8-4-5-12(9-15)11(2)17/h12-13H,3-10H2,1-2H3. The van der Waals surface area contributed by atoms with Gasteiger partial charge in [-0.3, -0.25) is 14.5 Å². The van der Waals surface area contributed by atoms with Crippen LogP contribution >= 0.6 is 0 Å². The van der Waals surface area contributed by atoms with Crippen molar-refractivity contribution in [3.05, 3.63) is 0 Å². The summed E-state index contributed by atoms with van der Waals surface area (Å²) in [6.45, 7) is 6.74. The molecule has 1 unspecified atom stereocenters. The largest absolute Gasteiger partial charge is 0.339 e. The van der Waals surface area contributed by atoms with Crippen LogP contribution in [0.1, 0.15) is 39.5 Å². The predicted octanol–water partition coefficient (Wildman–Crippen LogP) is 1.30. The number of carbonyl (C=O) groups excluding carboxylic acids is 2. The second kappa shape index (κ2) is 5.83. The molecule has 102 valence electrons. The van der Waals surface area contributed by atoms with Crippen molar-refractivity contribution >= 4 is 11.7 Å². The molecule has 0 aromatic carbocycles. The Bertz CT molecular complexity index is 326. The smallest absolute Gasteiger partial charge is 0.236 e. The molecule has 0 aromatic heterocycles. The van der Waals surface area contributed by atoms with Crippen LogP contribution in [0, 0.1) is 5.92 Å². The first-order valence-corrected chi connectivity index (χ1v) is 7.14. The summed E-state index contributed by atoms with van der Waals surface area (Å²) in [6.07, 6.45) is 4.35. The molecule has 0 N–H and O–H groups in total. The number of ketones is 1. The van der Waals surface area contributed by atoms with Crippen LogP contribution in [0.25, 0.3) is 0 Å². The number of rotatable bonds is 5. The van der Waals surface area contributed by atoms with Crippen molar-refractivity contribution in [2.24, 2.45) is 5.92 Å². The summed E-state index contributed by atoms with van der Waals surface area (Å²) in [7, 11) is 0. The van der Waals surface area contributed by atoms with Crippen LogP contribution in [0.5, 0.6) is 0 Å². The molecule has 1 saturated heterocycles. The van der Waals surface area contributed by atoms with Crippen molar-refractivity contribution in [1.82, 2.24) is 9.80 Å². The summed E-state index contributed by atoms with van der Waals surface area (Å²) in [5.41, 5.74) is 0. The number of likely N-dealkylation sites (tertiary alicyclic amines) is 1. The zero-order valence-electron chi connectivity index (χ0n) is 11.5. The second-order valence-electron chi connectivity index (χ2n) is 5.60. The number of hydrogen-bond donors (Lipinski definition) is 0. The van der Waals surface area contributed by atoms with Gasteiger partial charge < -0.3 is 4.90 Å². The van der Waals surface area contributed by atoms with E-state index in [1.165, 1.54) is 0 Å². The third kappa shape index (κ3) is 3.31. The fourth-order valence-corrected chi connectivity index (χ4v) is 2.84. The minimum absolute atomic E-state index is 0.141. The van der Waals surface area contributed by atoms with Crippen LogP contribution in [0.4, 0.5) is 0 Å². The number of carbonyl (C=O) groups is 2. The van der Waals surface area contributed by atoms with Crippen molar-refractivity contribution in [2.45, 2.75) is 45.6 Å². The first-order chi connectivity index (χ1) is 8.61. The average molecular weight is 252 g/mol. The lowest BCUT2D eigenvalue weighted by molar-refractivity contribution is -0.134. The van der Waals surface area contributed by atoms with E-state index in [4.69, 9.17) is 0 Å². The first kappa shape index (κ1) is 13.5. The maximum atomic E-state index is 12.2. The average Bonchev–Trinajstić information content (AvgIpc) is 3.14. The maximum absolute atomic E-state index is 12.2. The minimum Gasteiger partial charge on any atom is -0.339 e. The fraction of sp³-hybridized carbons (Fsp3) is 0.857. The summed E-state index contributed by atoms with van der Waals surface area (Å²) in [5, 5.41) is 0.